The van der Waals surface area contributed by atoms with Gasteiger partial charge in [-0.2, -0.15) is 5.10 Å². The number of hydrogen-bond acceptors (Lipinski definition) is 9. The van der Waals surface area contributed by atoms with Gasteiger partial charge in [-0.05, 0) is 62.7 Å². The molecule has 0 spiro atoms. The third kappa shape index (κ3) is 11.2. The van der Waals surface area contributed by atoms with Gasteiger partial charge in [-0.15, -0.1) is 0 Å². The molecule has 0 bridgehead atoms. The number of H-pyrrole nitrogens is 1. The molecular weight excluding hydrogens is 626 g/mol. The number of unbranched alkanes of at least 4 members (excludes halogenated alkanes) is 1. The molecule has 6 atom stereocenters. The van der Waals surface area contributed by atoms with Crippen LogP contribution in [0.2, 0.25) is 0 Å². The van der Waals surface area contributed by atoms with Crippen LogP contribution in [0.4, 0.5) is 0 Å². The van der Waals surface area contributed by atoms with Crippen molar-refractivity contribution in [2.24, 2.45) is 35.5 Å². The molecule has 1 saturated heterocycles. The minimum Gasteiger partial charge on any atom is -0.344 e. The van der Waals surface area contributed by atoms with Gasteiger partial charge in [0.1, 0.15) is 29.8 Å². The lowest BCUT2D eigenvalue weighted by molar-refractivity contribution is -0.145. The Morgan fingerprint density at radius 2 is 1.69 bits per heavy atom. The number of carbonyl (C=O) groups is 7. The Morgan fingerprint density at radius 3 is 2.31 bits per heavy atom. The monoisotopic (exact) mass is 683 g/mol. The Balaban J connectivity index is 1.70. The molecule has 1 unspecified atom stereocenters. The fourth-order valence-electron chi connectivity index (χ4n) is 7.52. The third-order valence-corrected chi connectivity index (χ3v) is 10.3. The summed E-state index contributed by atoms with van der Waals surface area (Å²) in [5, 5.41) is 9.61. The number of ketones is 5. The second kappa shape index (κ2) is 19.0. The van der Waals surface area contributed by atoms with Crippen molar-refractivity contribution in [2.75, 3.05) is 6.54 Å². The quantitative estimate of drug-likeness (QED) is 0.133. The number of likely N-dealkylation sites (tertiary alicyclic amines) is 1. The molecule has 2 N–H and O–H groups in total. The van der Waals surface area contributed by atoms with Gasteiger partial charge in [0.05, 0.1) is 6.04 Å². The van der Waals surface area contributed by atoms with Crippen molar-refractivity contribution < 1.29 is 33.6 Å². The van der Waals surface area contributed by atoms with Crippen LogP contribution in [0.1, 0.15) is 124 Å². The van der Waals surface area contributed by atoms with E-state index in [1.165, 1.54) is 13.3 Å². The molecule has 49 heavy (non-hydrogen) atoms. The first kappa shape index (κ1) is 39.9. The van der Waals surface area contributed by atoms with Crippen molar-refractivity contribution in [3.63, 3.8) is 0 Å². The van der Waals surface area contributed by atoms with Crippen LogP contribution in [-0.4, -0.2) is 79.4 Å². The Hall–Kier alpha value is -3.57. The van der Waals surface area contributed by atoms with Gasteiger partial charge in [0, 0.05) is 56.9 Å². The summed E-state index contributed by atoms with van der Waals surface area (Å²) < 4.78 is 0. The molecule has 1 saturated carbocycles. The van der Waals surface area contributed by atoms with Crippen LogP contribution in [0.3, 0.4) is 0 Å². The predicted molar refractivity (Wildman–Crippen MR) is 183 cm³/mol. The molecule has 1 aliphatic heterocycles. The van der Waals surface area contributed by atoms with Gasteiger partial charge in [-0.25, -0.2) is 4.98 Å². The summed E-state index contributed by atoms with van der Waals surface area (Å²) in [4.78, 5) is 97.8. The molecule has 0 radical (unpaired) electrons. The second-order valence-corrected chi connectivity index (χ2v) is 14.9. The van der Waals surface area contributed by atoms with E-state index in [4.69, 9.17) is 0 Å². The van der Waals surface area contributed by atoms with Gasteiger partial charge in [-0.3, -0.25) is 33.9 Å². The van der Waals surface area contributed by atoms with Crippen LogP contribution in [-0.2, 0) is 40.0 Å². The van der Waals surface area contributed by atoms with Crippen molar-refractivity contribution in [1.29, 1.82) is 0 Å². The van der Waals surface area contributed by atoms with E-state index >= 15 is 0 Å². The standard InChI is InChI=1S/C37H57N5O7/c1-7-11-25(35(47)30(45)17-16-24(6)43)18-31(46)34-28-14-10-12-26(28)20-42(34)37(49)33(23(4)5)40-36(48)29(22(2)3)19-27(44)13-8-9-15-32-38-21-39-41-32/h21-23,25-26,28-29,33-34H,7-20H2,1-6H3,(H,40,48)(H,38,39,41)/t25?,26-,28-,29+,33-,34-/m0/s1. The highest BCUT2D eigenvalue weighted by Gasteiger charge is 2.51. The van der Waals surface area contributed by atoms with E-state index in [9.17, 15) is 33.6 Å². The zero-order valence-electron chi connectivity index (χ0n) is 30.3. The van der Waals surface area contributed by atoms with Crippen LogP contribution < -0.4 is 5.32 Å². The smallest absolute Gasteiger partial charge is 0.246 e. The Morgan fingerprint density at radius 1 is 0.959 bits per heavy atom. The van der Waals surface area contributed by atoms with Crippen molar-refractivity contribution >= 4 is 40.7 Å². The lowest BCUT2D eigenvalue weighted by Gasteiger charge is -2.33. The molecule has 272 valence electrons. The van der Waals surface area contributed by atoms with E-state index < -0.39 is 35.5 Å². The van der Waals surface area contributed by atoms with Crippen molar-refractivity contribution in [3.05, 3.63) is 12.2 Å². The summed E-state index contributed by atoms with van der Waals surface area (Å²) in [5.41, 5.74) is 0. The maximum atomic E-state index is 14.3. The Bertz CT molecular complexity index is 1320. The zero-order chi connectivity index (χ0) is 36.2. The van der Waals surface area contributed by atoms with E-state index in [0.717, 1.165) is 31.5 Å². The van der Waals surface area contributed by atoms with Crippen molar-refractivity contribution in [2.45, 2.75) is 137 Å². The summed E-state index contributed by atoms with van der Waals surface area (Å²) in [7, 11) is 0. The van der Waals surface area contributed by atoms with Gasteiger partial charge in [0.25, 0.3) is 0 Å². The number of rotatable bonds is 22. The summed E-state index contributed by atoms with van der Waals surface area (Å²) >= 11 is 0. The maximum absolute atomic E-state index is 14.3. The molecule has 2 aliphatic rings. The zero-order valence-corrected chi connectivity index (χ0v) is 30.3. The molecule has 12 heteroatoms. The minimum absolute atomic E-state index is 0.00664. The third-order valence-electron chi connectivity index (χ3n) is 10.3. The number of carbonyl (C=O) groups excluding carboxylic acids is 7. The lowest BCUT2D eigenvalue weighted by atomic mass is 9.84. The molecule has 1 aromatic heterocycles. The van der Waals surface area contributed by atoms with Gasteiger partial charge >= 0.3 is 0 Å². The number of Topliss-reactive ketones (excluding diaryl/α,β-unsaturated/α-hetero) is 5. The van der Waals surface area contributed by atoms with Gasteiger partial charge in [0.15, 0.2) is 11.6 Å². The molecule has 1 aliphatic carbocycles. The van der Waals surface area contributed by atoms with E-state index in [-0.39, 0.29) is 78.5 Å². The summed E-state index contributed by atoms with van der Waals surface area (Å²) in [6, 6.07) is -1.61. The second-order valence-electron chi connectivity index (χ2n) is 14.9. The molecule has 0 aromatic carbocycles. The lowest BCUT2D eigenvalue weighted by Crippen LogP contribution is -2.56. The topological polar surface area (TPSA) is 176 Å². The van der Waals surface area contributed by atoms with Crippen molar-refractivity contribution in [1.82, 2.24) is 25.4 Å². The molecular formula is C37H57N5O7. The highest BCUT2D eigenvalue weighted by Crippen LogP contribution is 2.43. The number of nitrogens with one attached hydrogen (secondary N) is 2. The van der Waals surface area contributed by atoms with Gasteiger partial charge in [0.2, 0.25) is 17.6 Å². The predicted octanol–water partition coefficient (Wildman–Crippen LogP) is 4.40. The van der Waals surface area contributed by atoms with E-state index in [1.54, 1.807) is 4.90 Å². The van der Waals surface area contributed by atoms with E-state index in [0.29, 0.717) is 38.6 Å². The largest absolute Gasteiger partial charge is 0.344 e. The number of amides is 2. The molecule has 2 heterocycles. The van der Waals surface area contributed by atoms with Crippen LogP contribution in [0.15, 0.2) is 6.33 Å². The number of aromatic nitrogens is 3. The molecule has 2 amide bonds. The first-order valence-electron chi connectivity index (χ1n) is 18.3. The van der Waals surface area contributed by atoms with E-state index in [1.807, 2.05) is 34.6 Å². The first-order valence-corrected chi connectivity index (χ1v) is 18.3. The average molecular weight is 684 g/mol. The van der Waals surface area contributed by atoms with Crippen LogP contribution in [0.25, 0.3) is 0 Å². The number of hydrogen-bond donors (Lipinski definition) is 2. The first-order chi connectivity index (χ1) is 23.2. The molecule has 12 nitrogen and oxygen atoms in total. The van der Waals surface area contributed by atoms with Crippen LogP contribution >= 0.6 is 0 Å². The summed E-state index contributed by atoms with van der Waals surface area (Å²) in [5.74, 6) is -3.24. The normalized spacial score (nSPS) is 20.6. The SMILES string of the molecule is CCCC(CC(=O)[C@@H]1[C@H]2CCC[C@H]2CN1C(=O)[C@@H](NC(=O)[C@H](CC(=O)CCCCc1ncn[nH]1)C(C)C)C(C)C)C(=O)C(=O)CCC(C)=O. The van der Waals surface area contributed by atoms with Gasteiger partial charge < -0.3 is 15.0 Å². The maximum Gasteiger partial charge on any atom is 0.246 e. The average Bonchev–Trinajstić information content (AvgIpc) is 3.80. The van der Waals surface area contributed by atoms with Crippen molar-refractivity contribution in [3.8, 4) is 0 Å². The minimum atomic E-state index is -0.888. The van der Waals surface area contributed by atoms with E-state index in [2.05, 4.69) is 20.5 Å². The molecule has 2 fully saturated rings. The summed E-state index contributed by atoms with van der Waals surface area (Å²) in [6.07, 6.45) is 7.32. The fraction of sp³-hybridized carbons (Fsp3) is 0.757. The van der Waals surface area contributed by atoms with Gasteiger partial charge in [-0.1, -0.05) is 47.5 Å². The highest BCUT2D eigenvalue weighted by atomic mass is 16.2. The number of nitrogens with zero attached hydrogens (tertiary/aromatic N) is 3. The Labute approximate surface area is 290 Å². The van der Waals surface area contributed by atoms with Crippen LogP contribution in [0.5, 0.6) is 0 Å². The molecule has 3 rings (SSSR count). The van der Waals surface area contributed by atoms with Crippen LogP contribution in [0, 0.1) is 35.5 Å². The number of fused-ring (bicyclic) bond motifs is 1. The highest BCUT2D eigenvalue weighted by molar-refractivity contribution is 6.38. The fourth-order valence-corrected chi connectivity index (χ4v) is 7.52. The number of aryl methyl sites for hydroxylation is 1. The number of aromatic amines is 1. The molecule has 1 aromatic rings. The Kier molecular flexibility index (Phi) is 15.4. The summed E-state index contributed by atoms with van der Waals surface area (Å²) in [6.45, 7) is 11.1.